The molecule has 3 aromatic rings. The van der Waals surface area contributed by atoms with E-state index in [9.17, 15) is 0 Å². The van der Waals surface area contributed by atoms with E-state index in [1.165, 1.54) is 5.69 Å². The van der Waals surface area contributed by atoms with E-state index >= 15 is 0 Å². The van der Waals surface area contributed by atoms with Gasteiger partial charge in [0.2, 0.25) is 0 Å². The van der Waals surface area contributed by atoms with E-state index in [1.54, 1.807) is 0 Å². The van der Waals surface area contributed by atoms with Crippen molar-refractivity contribution in [3.8, 4) is 0 Å². The lowest BCUT2D eigenvalue weighted by molar-refractivity contribution is 0.337. The first-order valence-corrected chi connectivity index (χ1v) is 8.78. The van der Waals surface area contributed by atoms with Gasteiger partial charge < -0.3 is 4.90 Å². The van der Waals surface area contributed by atoms with Crippen LogP contribution in [0.15, 0.2) is 71.9 Å². The van der Waals surface area contributed by atoms with E-state index in [4.69, 9.17) is 4.99 Å². The van der Waals surface area contributed by atoms with E-state index < -0.39 is 0 Å². The Hall–Kier alpha value is -2.68. The van der Waals surface area contributed by atoms with E-state index in [0.717, 1.165) is 28.8 Å². The average molecular weight is 329 g/mol. The summed E-state index contributed by atoms with van der Waals surface area (Å²) in [5, 5.41) is 1.15. The van der Waals surface area contributed by atoms with Gasteiger partial charge in [-0.2, -0.15) is 0 Å². The van der Waals surface area contributed by atoms with Gasteiger partial charge in [0.25, 0.3) is 0 Å². The van der Waals surface area contributed by atoms with Crippen molar-refractivity contribution >= 4 is 22.4 Å². The number of pyridine rings is 1. The molecule has 1 aromatic heterocycles. The Morgan fingerprint density at radius 1 is 0.920 bits per heavy atom. The predicted molar refractivity (Wildman–Crippen MR) is 105 cm³/mol. The summed E-state index contributed by atoms with van der Waals surface area (Å²) in [5.74, 6) is 1.02. The molecule has 2 heterocycles. The quantitative estimate of drug-likeness (QED) is 0.668. The average Bonchev–Trinajstić information content (AvgIpc) is 3.07. The van der Waals surface area contributed by atoms with Gasteiger partial charge in [0.15, 0.2) is 0 Å². The van der Waals surface area contributed by atoms with Crippen molar-refractivity contribution in [3.63, 3.8) is 0 Å². The van der Waals surface area contributed by atoms with Crippen LogP contribution >= 0.6 is 0 Å². The molecule has 1 atom stereocenters. The zero-order valence-electron chi connectivity index (χ0n) is 15.0. The molecule has 0 N–H and O–H groups in total. The molecule has 2 aromatic carbocycles. The Bertz CT molecular complexity index is 917. The van der Waals surface area contributed by atoms with Crippen LogP contribution in [0.5, 0.6) is 0 Å². The van der Waals surface area contributed by atoms with Crippen LogP contribution in [0.25, 0.3) is 10.9 Å². The van der Waals surface area contributed by atoms with E-state index in [0.29, 0.717) is 0 Å². The number of hydrogen-bond acceptors (Lipinski definition) is 3. The summed E-state index contributed by atoms with van der Waals surface area (Å²) in [7, 11) is 0. The van der Waals surface area contributed by atoms with E-state index in [-0.39, 0.29) is 11.5 Å². The molecule has 25 heavy (non-hydrogen) atoms. The van der Waals surface area contributed by atoms with Crippen LogP contribution in [-0.4, -0.2) is 23.4 Å². The van der Waals surface area contributed by atoms with Crippen molar-refractivity contribution in [1.82, 2.24) is 4.98 Å². The molecule has 0 fully saturated rings. The minimum Gasteiger partial charge on any atom is -0.324 e. The molecule has 0 spiro atoms. The number of aliphatic imine (C=N–C) groups is 1. The van der Waals surface area contributed by atoms with Gasteiger partial charge in [-0.1, -0.05) is 57.2 Å². The topological polar surface area (TPSA) is 28.5 Å². The molecule has 4 rings (SSSR count). The molecule has 0 aliphatic carbocycles. The summed E-state index contributed by atoms with van der Waals surface area (Å²) in [4.78, 5) is 12.1. The monoisotopic (exact) mass is 329 g/mol. The number of fused-ring (bicyclic) bond motifs is 1. The molecule has 0 radical (unpaired) electrons. The smallest absolute Gasteiger partial charge is 0.138 e. The first-order valence-electron chi connectivity index (χ1n) is 8.78. The van der Waals surface area contributed by atoms with Gasteiger partial charge in [0.1, 0.15) is 5.84 Å². The Morgan fingerprint density at radius 2 is 1.68 bits per heavy atom. The van der Waals surface area contributed by atoms with Gasteiger partial charge in [0.05, 0.1) is 11.6 Å². The highest BCUT2D eigenvalue weighted by Crippen LogP contribution is 2.33. The number of para-hydroxylation sites is 2. The largest absolute Gasteiger partial charge is 0.324 e. The number of nitrogens with zero attached hydrogens (tertiary/aromatic N) is 3. The standard InChI is InChI=1S/C22H23N3/c1-22(2,3)19-15-25(17-11-5-4-6-12-17)21(24-19)18-13-7-9-16-10-8-14-23-20(16)18/h4-14,19H,15H2,1-3H3. The fourth-order valence-electron chi connectivity index (χ4n) is 3.32. The third-order valence-electron chi connectivity index (χ3n) is 4.83. The number of amidine groups is 1. The van der Waals surface area contributed by atoms with Crippen molar-refractivity contribution in [2.75, 3.05) is 11.4 Å². The summed E-state index contributed by atoms with van der Waals surface area (Å²) in [5.41, 5.74) is 3.42. The SMILES string of the molecule is CC(C)(C)C1CN(c2ccccc2)C(c2cccc3cccnc23)=N1. The third-order valence-corrected chi connectivity index (χ3v) is 4.83. The molecule has 3 heteroatoms. The predicted octanol–water partition coefficient (Wildman–Crippen LogP) is 4.92. The third kappa shape index (κ3) is 2.91. The van der Waals surface area contributed by atoms with E-state index in [2.05, 4.69) is 85.3 Å². The second-order valence-corrected chi connectivity index (χ2v) is 7.66. The first kappa shape index (κ1) is 15.8. The molecule has 1 unspecified atom stereocenters. The van der Waals surface area contributed by atoms with Crippen molar-refractivity contribution in [1.29, 1.82) is 0 Å². The second-order valence-electron chi connectivity index (χ2n) is 7.66. The Morgan fingerprint density at radius 3 is 2.44 bits per heavy atom. The van der Waals surface area contributed by atoms with Crippen LogP contribution in [0, 0.1) is 5.41 Å². The molecule has 0 saturated heterocycles. The normalized spacial score (nSPS) is 17.8. The Balaban J connectivity index is 1.88. The maximum absolute atomic E-state index is 5.14. The summed E-state index contributed by atoms with van der Waals surface area (Å²) in [6, 6.07) is 21.2. The van der Waals surface area contributed by atoms with Crippen LogP contribution in [0.1, 0.15) is 26.3 Å². The zero-order chi connectivity index (χ0) is 17.4. The van der Waals surface area contributed by atoms with E-state index in [1.807, 2.05) is 12.3 Å². The van der Waals surface area contributed by atoms with Crippen LogP contribution < -0.4 is 4.90 Å². The lowest BCUT2D eigenvalue weighted by Crippen LogP contribution is -2.34. The summed E-state index contributed by atoms with van der Waals surface area (Å²) in [6.07, 6.45) is 1.86. The molecule has 1 aliphatic rings. The first-order chi connectivity index (χ1) is 12.0. The maximum Gasteiger partial charge on any atom is 0.138 e. The molecular weight excluding hydrogens is 306 g/mol. The van der Waals surface area contributed by atoms with Crippen molar-refractivity contribution in [2.45, 2.75) is 26.8 Å². The zero-order valence-corrected chi connectivity index (χ0v) is 15.0. The Labute approximate surface area is 149 Å². The maximum atomic E-state index is 5.14. The summed E-state index contributed by atoms with van der Waals surface area (Å²) >= 11 is 0. The Kier molecular flexibility index (Phi) is 3.79. The van der Waals surface area contributed by atoms with Crippen molar-refractivity contribution in [2.24, 2.45) is 10.4 Å². The number of rotatable bonds is 2. The van der Waals surface area contributed by atoms with Gasteiger partial charge in [-0.3, -0.25) is 9.98 Å². The van der Waals surface area contributed by atoms with Crippen LogP contribution in [0.2, 0.25) is 0 Å². The van der Waals surface area contributed by atoms with Crippen molar-refractivity contribution in [3.05, 3.63) is 72.4 Å². The number of aromatic nitrogens is 1. The van der Waals surface area contributed by atoms with Gasteiger partial charge >= 0.3 is 0 Å². The number of hydrogen-bond donors (Lipinski definition) is 0. The molecule has 0 bridgehead atoms. The van der Waals surface area contributed by atoms with Gasteiger partial charge in [0, 0.05) is 29.4 Å². The number of anilines is 1. The molecule has 0 amide bonds. The fraction of sp³-hybridized carbons (Fsp3) is 0.273. The minimum atomic E-state index is 0.118. The van der Waals surface area contributed by atoms with Crippen LogP contribution in [-0.2, 0) is 0 Å². The molecule has 1 aliphatic heterocycles. The van der Waals surface area contributed by atoms with Crippen LogP contribution in [0.4, 0.5) is 5.69 Å². The van der Waals surface area contributed by atoms with Crippen molar-refractivity contribution < 1.29 is 0 Å². The van der Waals surface area contributed by atoms with Crippen LogP contribution in [0.3, 0.4) is 0 Å². The molecular formula is C22H23N3. The fourth-order valence-corrected chi connectivity index (χ4v) is 3.32. The molecule has 3 nitrogen and oxygen atoms in total. The minimum absolute atomic E-state index is 0.118. The molecule has 126 valence electrons. The second kappa shape index (κ2) is 5.99. The summed E-state index contributed by atoms with van der Waals surface area (Å²) < 4.78 is 0. The summed E-state index contributed by atoms with van der Waals surface area (Å²) in [6.45, 7) is 7.67. The number of benzene rings is 2. The highest BCUT2D eigenvalue weighted by molar-refractivity contribution is 6.17. The highest BCUT2D eigenvalue weighted by Gasteiger charge is 2.35. The van der Waals surface area contributed by atoms with Gasteiger partial charge in [-0.05, 0) is 29.7 Å². The van der Waals surface area contributed by atoms with Gasteiger partial charge in [-0.15, -0.1) is 0 Å². The van der Waals surface area contributed by atoms with Gasteiger partial charge in [-0.25, -0.2) is 0 Å². The molecule has 0 saturated carbocycles. The highest BCUT2D eigenvalue weighted by atomic mass is 15.3. The lowest BCUT2D eigenvalue weighted by Gasteiger charge is -2.26. The lowest BCUT2D eigenvalue weighted by atomic mass is 9.87.